The van der Waals surface area contributed by atoms with E-state index in [1.807, 2.05) is 0 Å². The van der Waals surface area contributed by atoms with Crippen molar-refractivity contribution in [2.45, 2.75) is 0 Å². The molecule has 0 aliphatic carbocycles. The highest BCUT2D eigenvalue weighted by Gasteiger charge is 2.26. The molecule has 152 valence electrons. The Morgan fingerprint density at radius 2 is 1.34 bits per heavy atom. The lowest BCUT2D eigenvalue weighted by molar-refractivity contribution is -0.129. The monoisotopic (exact) mass is 399 g/mol. The number of rotatable bonds is 7. The van der Waals surface area contributed by atoms with Gasteiger partial charge in [0.25, 0.3) is 0 Å². The Kier molecular flexibility index (Phi) is 5.92. The molecule has 0 saturated carbocycles. The van der Waals surface area contributed by atoms with Gasteiger partial charge in [-0.15, -0.1) is 0 Å². The summed E-state index contributed by atoms with van der Waals surface area (Å²) in [6.07, 6.45) is 1.57. The van der Waals surface area contributed by atoms with Crippen LogP contribution in [0.2, 0.25) is 0 Å². The van der Waals surface area contributed by atoms with Crippen molar-refractivity contribution in [1.82, 2.24) is 0 Å². The highest BCUT2D eigenvalue weighted by atomic mass is 16.6. The van der Waals surface area contributed by atoms with Gasteiger partial charge < -0.3 is 28.4 Å². The van der Waals surface area contributed by atoms with E-state index in [0.717, 1.165) is 0 Å². The maximum atomic E-state index is 12.4. The van der Waals surface area contributed by atoms with Gasteiger partial charge in [0.2, 0.25) is 5.90 Å². The van der Waals surface area contributed by atoms with E-state index in [9.17, 15) is 4.79 Å². The normalized spacial score (nSPS) is 14.3. The van der Waals surface area contributed by atoms with E-state index in [2.05, 4.69) is 4.99 Å². The Hall–Kier alpha value is -3.68. The lowest BCUT2D eigenvalue weighted by atomic mass is 10.1. The maximum Gasteiger partial charge on any atom is 0.363 e. The highest BCUT2D eigenvalue weighted by molar-refractivity contribution is 6.13. The van der Waals surface area contributed by atoms with Crippen molar-refractivity contribution in [1.29, 1.82) is 0 Å². The van der Waals surface area contributed by atoms with Crippen LogP contribution in [0.3, 0.4) is 0 Å². The SMILES string of the molecule is COc1cc(OC)c(OC)cc1C=C1N=C(c2ccc(OC)c(OC)c2)OC1=O. The van der Waals surface area contributed by atoms with Crippen molar-refractivity contribution in [3.63, 3.8) is 0 Å². The summed E-state index contributed by atoms with van der Waals surface area (Å²) < 4.78 is 31.8. The lowest BCUT2D eigenvalue weighted by Crippen LogP contribution is -2.06. The van der Waals surface area contributed by atoms with Gasteiger partial charge >= 0.3 is 5.97 Å². The quantitative estimate of drug-likeness (QED) is 0.522. The van der Waals surface area contributed by atoms with Crippen molar-refractivity contribution < 1.29 is 33.2 Å². The van der Waals surface area contributed by atoms with E-state index in [4.69, 9.17) is 28.4 Å². The average molecular weight is 399 g/mol. The third-order valence-corrected chi connectivity index (χ3v) is 4.28. The standard InChI is InChI=1S/C21H21NO7/c1-24-15-7-6-12(9-17(15)26-3)20-22-14(21(23)29-20)8-13-10-18(27-4)19(28-5)11-16(13)25-2/h6-11H,1-5H3. The summed E-state index contributed by atoms with van der Waals surface area (Å²) in [4.78, 5) is 16.7. The Morgan fingerprint density at radius 1 is 0.759 bits per heavy atom. The maximum absolute atomic E-state index is 12.4. The molecule has 0 aromatic heterocycles. The summed E-state index contributed by atoms with van der Waals surface area (Å²) >= 11 is 0. The highest BCUT2D eigenvalue weighted by Crippen LogP contribution is 2.36. The van der Waals surface area contributed by atoms with E-state index in [-0.39, 0.29) is 11.6 Å². The molecule has 0 radical (unpaired) electrons. The Labute approximate surface area is 168 Å². The summed E-state index contributed by atoms with van der Waals surface area (Å²) in [5, 5.41) is 0. The molecule has 1 aliphatic rings. The van der Waals surface area contributed by atoms with Crippen molar-refractivity contribution in [2.75, 3.05) is 35.5 Å². The number of aliphatic imine (C=N–C) groups is 1. The van der Waals surface area contributed by atoms with Crippen LogP contribution in [0.4, 0.5) is 0 Å². The minimum Gasteiger partial charge on any atom is -0.496 e. The molecule has 0 bridgehead atoms. The molecule has 0 fully saturated rings. The predicted octanol–water partition coefficient (Wildman–Crippen LogP) is 3.07. The largest absolute Gasteiger partial charge is 0.496 e. The summed E-state index contributed by atoms with van der Waals surface area (Å²) in [7, 11) is 7.65. The van der Waals surface area contributed by atoms with Gasteiger partial charge in [-0.2, -0.15) is 0 Å². The molecule has 0 spiro atoms. The van der Waals surface area contributed by atoms with Gasteiger partial charge in [0.15, 0.2) is 28.7 Å². The molecule has 2 aromatic carbocycles. The second-order valence-corrected chi connectivity index (χ2v) is 5.85. The van der Waals surface area contributed by atoms with Crippen LogP contribution in [-0.4, -0.2) is 47.4 Å². The molecule has 1 heterocycles. The summed E-state index contributed by atoms with van der Waals surface area (Å²) in [5.74, 6) is 2.16. The molecular weight excluding hydrogens is 378 g/mol. The zero-order valence-corrected chi connectivity index (χ0v) is 16.8. The molecule has 3 rings (SSSR count). The number of hydrogen-bond acceptors (Lipinski definition) is 8. The molecule has 0 unspecified atom stereocenters. The van der Waals surface area contributed by atoms with E-state index in [1.54, 1.807) is 43.5 Å². The first kappa shape index (κ1) is 20.1. The van der Waals surface area contributed by atoms with Crippen LogP contribution >= 0.6 is 0 Å². The molecule has 0 N–H and O–H groups in total. The summed E-state index contributed by atoms with van der Waals surface area (Å²) in [6, 6.07) is 8.49. The fraction of sp³-hybridized carbons (Fsp3) is 0.238. The Morgan fingerprint density at radius 3 is 1.97 bits per heavy atom. The van der Waals surface area contributed by atoms with Crippen molar-refractivity contribution in [3.8, 4) is 28.7 Å². The molecule has 29 heavy (non-hydrogen) atoms. The number of cyclic esters (lactones) is 1. The summed E-state index contributed by atoms with van der Waals surface area (Å²) in [5.41, 5.74) is 1.30. The zero-order valence-electron chi connectivity index (χ0n) is 16.8. The first-order valence-electron chi connectivity index (χ1n) is 8.59. The van der Waals surface area contributed by atoms with Crippen LogP contribution in [-0.2, 0) is 9.53 Å². The number of carbonyl (C=O) groups is 1. The van der Waals surface area contributed by atoms with Crippen LogP contribution in [0.25, 0.3) is 6.08 Å². The number of esters is 1. The molecule has 8 nitrogen and oxygen atoms in total. The number of methoxy groups -OCH3 is 5. The zero-order chi connectivity index (χ0) is 21.0. The van der Waals surface area contributed by atoms with E-state index in [0.29, 0.717) is 39.9 Å². The molecule has 2 aromatic rings. The number of carbonyl (C=O) groups excluding carboxylic acids is 1. The van der Waals surface area contributed by atoms with Crippen molar-refractivity contribution in [2.24, 2.45) is 4.99 Å². The second kappa shape index (κ2) is 8.55. The van der Waals surface area contributed by atoms with E-state index in [1.165, 1.54) is 28.4 Å². The number of nitrogens with zero attached hydrogens (tertiary/aromatic N) is 1. The summed E-state index contributed by atoms with van der Waals surface area (Å²) in [6.45, 7) is 0. The fourth-order valence-corrected chi connectivity index (χ4v) is 2.81. The third-order valence-electron chi connectivity index (χ3n) is 4.28. The van der Waals surface area contributed by atoms with Gasteiger partial charge in [-0.1, -0.05) is 0 Å². The van der Waals surface area contributed by atoms with Crippen LogP contribution in [0.15, 0.2) is 41.0 Å². The second-order valence-electron chi connectivity index (χ2n) is 5.85. The van der Waals surface area contributed by atoms with Gasteiger partial charge in [-0.25, -0.2) is 9.79 Å². The minimum atomic E-state index is -0.577. The van der Waals surface area contributed by atoms with Gasteiger partial charge in [0.1, 0.15) is 5.75 Å². The number of hydrogen-bond donors (Lipinski definition) is 0. The average Bonchev–Trinajstić information content (AvgIpc) is 3.12. The van der Waals surface area contributed by atoms with Crippen LogP contribution in [0, 0.1) is 0 Å². The van der Waals surface area contributed by atoms with Crippen LogP contribution in [0.1, 0.15) is 11.1 Å². The third kappa shape index (κ3) is 3.96. The topological polar surface area (TPSA) is 84.8 Å². The van der Waals surface area contributed by atoms with Crippen LogP contribution in [0.5, 0.6) is 28.7 Å². The minimum absolute atomic E-state index is 0.125. The molecule has 8 heteroatoms. The van der Waals surface area contributed by atoms with E-state index < -0.39 is 5.97 Å². The molecular formula is C21H21NO7. The van der Waals surface area contributed by atoms with Gasteiger partial charge in [0.05, 0.1) is 35.5 Å². The first-order valence-corrected chi connectivity index (χ1v) is 8.59. The van der Waals surface area contributed by atoms with E-state index >= 15 is 0 Å². The molecule has 1 aliphatic heterocycles. The smallest absolute Gasteiger partial charge is 0.363 e. The van der Waals surface area contributed by atoms with Crippen LogP contribution < -0.4 is 23.7 Å². The van der Waals surface area contributed by atoms with Gasteiger partial charge in [-0.3, -0.25) is 0 Å². The fourth-order valence-electron chi connectivity index (χ4n) is 2.81. The number of ether oxygens (including phenoxy) is 6. The lowest BCUT2D eigenvalue weighted by Gasteiger charge is -2.12. The first-order chi connectivity index (χ1) is 14.0. The molecule has 0 atom stereocenters. The Bertz CT molecular complexity index is 995. The van der Waals surface area contributed by atoms with Gasteiger partial charge in [0, 0.05) is 17.2 Å². The Balaban J connectivity index is 2.01. The number of benzene rings is 2. The van der Waals surface area contributed by atoms with Crippen molar-refractivity contribution >= 4 is 17.9 Å². The molecule has 0 amide bonds. The van der Waals surface area contributed by atoms with Crippen molar-refractivity contribution in [3.05, 3.63) is 47.2 Å². The molecule has 0 saturated heterocycles. The van der Waals surface area contributed by atoms with Gasteiger partial charge in [-0.05, 0) is 30.3 Å². The predicted molar refractivity (Wildman–Crippen MR) is 106 cm³/mol.